The average molecular weight is 305 g/mol. The van der Waals surface area contributed by atoms with E-state index in [1.807, 2.05) is 0 Å². The van der Waals surface area contributed by atoms with Gasteiger partial charge in [0.1, 0.15) is 5.15 Å². The fourth-order valence-electron chi connectivity index (χ4n) is 1.68. The van der Waals surface area contributed by atoms with Crippen LogP contribution in [0.25, 0.3) is 10.9 Å². The van der Waals surface area contributed by atoms with Crippen molar-refractivity contribution in [2.24, 2.45) is 0 Å². The molecule has 1 amide bonds. The van der Waals surface area contributed by atoms with Crippen molar-refractivity contribution in [2.75, 3.05) is 13.2 Å². The molecule has 0 radical (unpaired) electrons. The highest BCUT2D eigenvalue weighted by molar-refractivity contribution is 6.29. The predicted octanol–water partition coefficient (Wildman–Crippen LogP) is 2.35. The van der Waals surface area contributed by atoms with Gasteiger partial charge >= 0.3 is 5.97 Å². The molecule has 1 aromatic carbocycles. The van der Waals surface area contributed by atoms with Crippen LogP contribution in [0.5, 0.6) is 0 Å². The summed E-state index contributed by atoms with van der Waals surface area (Å²) in [6, 6.07) is 8.30. The molecule has 2 aromatic rings. The quantitative estimate of drug-likeness (QED) is 0.523. The molecule has 108 valence electrons. The molecular weight excluding hydrogens is 292 g/mol. The fourth-order valence-corrected chi connectivity index (χ4v) is 1.83. The van der Waals surface area contributed by atoms with E-state index in [4.69, 9.17) is 16.3 Å². The molecule has 0 aliphatic rings. The maximum atomic E-state index is 11.9. The van der Waals surface area contributed by atoms with Crippen molar-refractivity contribution in [1.29, 1.82) is 0 Å². The van der Waals surface area contributed by atoms with Crippen molar-refractivity contribution < 1.29 is 14.3 Å². The molecule has 6 heteroatoms. The van der Waals surface area contributed by atoms with Crippen LogP contribution in [-0.4, -0.2) is 30.0 Å². The molecule has 0 bridgehead atoms. The van der Waals surface area contributed by atoms with Crippen molar-refractivity contribution in [3.63, 3.8) is 0 Å². The van der Waals surface area contributed by atoms with Crippen molar-refractivity contribution >= 4 is 34.4 Å². The summed E-state index contributed by atoms with van der Waals surface area (Å²) in [6.45, 7) is 3.48. The van der Waals surface area contributed by atoms with Crippen LogP contribution in [0.1, 0.15) is 10.4 Å². The molecule has 0 spiro atoms. The van der Waals surface area contributed by atoms with Gasteiger partial charge in [-0.15, -0.1) is 6.58 Å². The van der Waals surface area contributed by atoms with Gasteiger partial charge < -0.3 is 10.1 Å². The molecule has 0 atom stereocenters. The molecule has 1 aromatic heterocycles. The number of benzene rings is 1. The van der Waals surface area contributed by atoms with Crippen molar-refractivity contribution in [3.8, 4) is 0 Å². The zero-order valence-corrected chi connectivity index (χ0v) is 11.9. The Kier molecular flexibility index (Phi) is 4.90. The Labute approximate surface area is 126 Å². The molecule has 5 nitrogen and oxygen atoms in total. The summed E-state index contributed by atoms with van der Waals surface area (Å²) in [4.78, 5) is 27.3. The van der Waals surface area contributed by atoms with Crippen LogP contribution in [0.2, 0.25) is 5.15 Å². The third-order valence-corrected chi connectivity index (χ3v) is 2.88. The standard InChI is InChI=1S/C15H13ClN2O3/c1-2-7-17-14(19)9-21-15(20)11-3-5-12-10(8-11)4-6-13(16)18-12/h2-6,8H,1,7,9H2,(H,17,19). The minimum absolute atomic E-state index is 0.330. The predicted molar refractivity (Wildman–Crippen MR) is 80.2 cm³/mol. The highest BCUT2D eigenvalue weighted by Crippen LogP contribution is 2.17. The topological polar surface area (TPSA) is 68.3 Å². The number of nitrogens with one attached hydrogen (secondary N) is 1. The number of nitrogens with zero attached hydrogens (tertiary/aromatic N) is 1. The number of hydrogen-bond donors (Lipinski definition) is 1. The van der Waals surface area contributed by atoms with Crippen LogP contribution >= 0.6 is 11.6 Å². The van der Waals surface area contributed by atoms with E-state index in [-0.39, 0.29) is 12.5 Å². The van der Waals surface area contributed by atoms with Gasteiger partial charge in [-0.25, -0.2) is 9.78 Å². The van der Waals surface area contributed by atoms with Crippen molar-refractivity contribution in [3.05, 3.63) is 53.7 Å². The maximum absolute atomic E-state index is 11.9. The Balaban J connectivity index is 2.04. The molecule has 1 heterocycles. The first kappa shape index (κ1) is 15.0. The Morgan fingerprint density at radius 3 is 2.90 bits per heavy atom. The number of carbonyl (C=O) groups is 2. The van der Waals surface area contributed by atoms with Gasteiger partial charge in [-0.2, -0.15) is 0 Å². The van der Waals surface area contributed by atoms with Crippen LogP contribution in [0, 0.1) is 0 Å². The number of aromatic nitrogens is 1. The number of ether oxygens (including phenoxy) is 1. The first-order chi connectivity index (χ1) is 10.1. The highest BCUT2D eigenvalue weighted by atomic mass is 35.5. The van der Waals surface area contributed by atoms with Crippen LogP contribution in [0.4, 0.5) is 0 Å². The zero-order valence-electron chi connectivity index (χ0n) is 11.1. The molecule has 0 aliphatic heterocycles. The molecule has 0 fully saturated rings. The van der Waals surface area contributed by atoms with E-state index in [1.54, 1.807) is 36.4 Å². The van der Waals surface area contributed by atoms with E-state index in [0.717, 1.165) is 5.39 Å². The van der Waals surface area contributed by atoms with Gasteiger partial charge in [0.2, 0.25) is 0 Å². The van der Waals surface area contributed by atoms with E-state index >= 15 is 0 Å². The summed E-state index contributed by atoms with van der Waals surface area (Å²) in [5.74, 6) is -0.946. The monoisotopic (exact) mass is 304 g/mol. The van der Waals surface area contributed by atoms with Gasteiger partial charge in [0.05, 0.1) is 11.1 Å². The molecular formula is C15H13ClN2O3. The van der Waals surface area contributed by atoms with E-state index < -0.39 is 5.97 Å². The van der Waals surface area contributed by atoms with Gasteiger partial charge in [-0.05, 0) is 30.3 Å². The summed E-state index contributed by atoms with van der Waals surface area (Å²) >= 11 is 5.79. The molecule has 2 rings (SSSR count). The largest absolute Gasteiger partial charge is 0.452 e. The van der Waals surface area contributed by atoms with Gasteiger partial charge in [0.15, 0.2) is 6.61 Å². The van der Waals surface area contributed by atoms with Gasteiger partial charge in [0.25, 0.3) is 5.91 Å². The lowest BCUT2D eigenvalue weighted by Crippen LogP contribution is -2.28. The Morgan fingerprint density at radius 2 is 2.14 bits per heavy atom. The smallest absolute Gasteiger partial charge is 0.338 e. The summed E-state index contributed by atoms with van der Waals surface area (Å²) < 4.78 is 4.93. The number of esters is 1. The summed E-state index contributed by atoms with van der Waals surface area (Å²) in [5.41, 5.74) is 1.03. The van der Waals surface area contributed by atoms with Crippen LogP contribution in [-0.2, 0) is 9.53 Å². The summed E-state index contributed by atoms with van der Waals surface area (Å²) in [6.07, 6.45) is 1.54. The minimum atomic E-state index is -0.569. The van der Waals surface area contributed by atoms with Crippen LogP contribution in [0.15, 0.2) is 43.0 Å². The fraction of sp³-hybridized carbons (Fsp3) is 0.133. The Morgan fingerprint density at radius 1 is 1.33 bits per heavy atom. The van der Waals surface area contributed by atoms with E-state index in [0.29, 0.717) is 22.8 Å². The zero-order chi connectivity index (χ0) is 15.2. The molecule has 0 saturated carbocycles. The van der Waals surface area contributed by atoms with Gasteiger partial charge in [-0.1, -0.05) is 17.7 Å². The number of fused-ring (bicyclic) bond motifs is 1. The highest BCUT2D eigenvalue weighted by Gasteiger charge is 2.10. The molecule has 1 N–H and O–H groups in total. The van der Waals surface area contributed by atoms with Gasteiger partial charge in [0, 0.05) is 11.9 Å². The third kappa shape index (κ3) is 4.03. The minimum Gasteiger partial charge on any atom is -0.452 e. The number of carbonyl (C=O) groups excluding carboxylic acids is 2. The van der Waals surface area contributed by atoms with Crippen LogP contribution in [0.3, 0.4) is 0 Å². The third-order valence-electron chi connectivity index (χ3n) is 2.67. The lowest BCUT2D eigenvalue weighted by Gasteiger charge is -2.06. The lowest BCUT2D eigenvalue weighted by molar-refractivity contribution is -0.124. The number of pyridine rings is 1. The lowest BCUT2D eigenvalue weighted by atomic mass is 10.1. The SMILES string of the molecule is C=CCNC(=O)COC(=O)c1ccc2nc(Cl)ccc2c1. The second-order valence-electron chi connectivity index (χ2n) is 4.21. The summed E-state index contributed by atoms with van der Waals surface area (Å²) in [5, 5.41) is 3.67. The second-order valence-corrected chi connectivity index (χ2v) is 4.60. The number of rotatable bonds is 5. The van der Waals surface area contributed by atoms with E-state index in [1.165, 1.54) is 0 Å². The van der Waals surface area contributed by atoms with Crippen molar-refractivity contribution in [2.45, 2.75) is 0 Å². The Bertz CT molecular complexity index is 700. The van der Waals surface area contributed by atoms with E-state index in [9.17, 15) is 9.59 Å². The Hall–Kier alpha value is -2.40. The molecule has 21 heavy (non-hydrogen) atoms. The van der Waals surface area contributed by atoms with Gasteiger partial charge in [-0.3, -0.25) is 4.79 Å². The first-order valence-corrected chi connectivity index (χ1v) is 6.59. The number of halogens is 1. The van der Waals surface area contributed by atoms with E-state index in [2.05, 4.69) is 16.9 Å². The summed E-state index contributed by atoms with van der Waals surface area (Å²) in [7, 11) is 0. The number of amides is 1. The molecule has 0 saturated heterocycles. The second kappa shape index (κ2) is 6.85. The molecule has 0 aliphatic carbocycles. The normalized spacial score (nSPS) is 10.1. The molecule has 0 unspecified atom stereocenters. The van der Waals surface area contributed by atoms with Crippen molar-refractivity contribution in [1.82, 2.24) is 10.3 Å². The van der Waals surface area contributed by atoms with Crippen LogP contribution < -0.4 is 5.32 Å². The average Bonchev–Trinajstić information content (AvgIpc) is 2.49. The maximum Gasteiger partial charge on any atom is 0.338 e. The number of hydrogen-bond acceptors (Lipinski definition) is 4. The first-order valence-electron chi connectivity index (χ1n) is 6.21.